The standard InChI is InChI=1S/C9H14N2O4/c1-5(12)11(6(2)13)9-8-7(3-10-9)14-4-15-8/h7-10H,3-4H2,1-2H3. The van der Waals surface area contributed by atoms with Crippen LogP contribution in [0.15, 0.2) is 0 Å². The molecule has 0 aromatic heterocycles. The molecule has 2 amide bonds. The lowest BCUT2D eigenvalue weighted by molar-refractivity contribution is -0.148. The Morgan fingerprint density at radius 2 is 1.93 bits per heavy atom. The number of carbonyl (C=O) groups is 2. The molecule has 15 heavy (non-hydrogen) atoms. The maximum atomic E-state index is 11.3. The quantitative estimate of drug-likeness (QED) is 0.609. The third-order valence-electron chi connectivity index (χ3n) is 2.71. The van der Waals surface area contributed by atoms with Crippen molar-refractivity contribution in [2.75, 3.05) is 13.3 Å². The van der Waals surface area contributed by atoms with E-state index in [4.69, 9.17) is 9.47 Å². The van der Waals surface area contributed by atoms with Crippen molar-refractivity contribution in [3.63, 3.8) is 0 Å². The Kier molecular flexibility index (Phi) is 2.72. The molecule has 2 fully saturated rings. The van der Waals surface area contributed by atoms with Gasteiger partial charge in [-0.15, -0.1) is 0 Å². The molecule has 0 spiro atoms. The number of nitrogens with one attached hydrogen (secondary N) is 1. The van der Waals surface area contributed by atoms with Gasteiger partial charge in [0.15, 0.2) is 0 Å². The fraction of sp³-hybridized carbons (Fsp3) is 0.778. The Balaban J connectivity index is 2.14. The molecule has 0 radical (unpaired) electrons. The molecule has 2 heterocycles. The predicted molar refractivity (Wildman–Crippen MR) is 49.6 cm³/mol. The smallest absolute Gasteiger partial charge is 0.227 e. The van der Waals surface area contributed by atoms with Gasteiger partial charge in [-0.1, -0.05) is 0 Å². The number of imide groups is 1. The molecule has 6 nitrogen and oxygen atoms in total. The van der Waals surface area contributed by atoms with Crippen LogP contribution in [-0.4, -0.2) is 48.4 Å². The van der Waals surface area contributed by atoms with E-state index in [9.17, 15) is 9.59 Å². The molecule has 6 heteroatoms. The third kappa shape index (κ3) is 1.75. The summed E-state index contributed by atoms with van der Waals surface area (Å²) in [5, 5.41) is 3.06. The number of hydrogen-bond donors (Lipinski definition) is 1. The van der Waals surface area contributed by atoms with Gasteiger partial charge in [-0.05, 0) is 0 Å². The molecule has 0 aliphatic carbocycles. The molecular formula is C9H14N2O4. The van der Waals surface area contributed by atoms with Crippen molar-refractivity contribution in [3.8, 4) is 0 Å². The highest BCUT2D eigenvalue weighted by atomic mass is 16.7. The molecule has 2 aliphatic rings. The van der Waals surface area contributed by atoms with Crippen LogP contribution in [0.2, 0.25) is 0 Å². The first-order valence-electron chi connectivity index (χ1n) is 4.88. The minimum Gasteiger partial charge on any atom is -0.348 e. The Bertz CT molecular complexity index is 280. The van der Waals surface area contributed by atoms with E-state index >= 15 is 0 Å². The Morgan fingerprint density at radius 1 is 1.27 bits per heavy atom. The van der Waals surface area contributed by atoms with E-state index in [0.29, 0.717) is 6.54 Å². The average Bonchev–Trinajstić information content (AvgIpc) is 2.67. The van der Waals surface area contributed by atoms with Crippen molar-refractivity contribution in [1.82, 2.24) is 10.2 Å². The molecule has 1 N–H and O–H groups in total. The number of rotatable bonds is 1. The van der Waals surface area contributed by atoms with Crippen LogP contribution in [0.25, 0.3) is 0 Å². The third-order valence-corrected chi connectivity index (χ3v) is 2.71. The molecule has 0 saturated carbocycles. The summed E-state index contributed by atoms with van der Waals surface area (Å²) in [6, 6.07) is 0. The average molecular weight is 214 g/mol. The summed E-state index contributed by atoms with van der Waals surface area (Å²) in [7, 11) is 0. The molecule has 3 unspecified atom stereocenters. The summed E-state index contributed by atoms with van der Waals surface area (Å²) in [6.07, 6.45) is -0.693. The van der Waals surface area contributed by atoms with E-state index in [1.807, 2.05) is 0 Å². The Labute approximate surface area is 87.5 Å². The van der Waals surface area contributed by atoms with E-state index in [2.05, 4.69) is 5.32 Å². The molecular weight excluding hydrogens is 200 g/mol. The zero-order valence-corrected chi connectivity index (χ0v) is 8.73. The maximum absolute atomic E-state index is 11.3. The number of ether oxygens (including phenoxy) is 2. The van der Waals surface area contributed by atoms with E-state index in [-0.39, 0.29) is 30.8 Å². The minimum absolute atomic E-state index is 0.0591. The van der Waals surface area contributed by atoms with Gasteiger partial charge in [0.05, 0.1) is 0 Å². The van der Waals surface area contributed by atoms with Crippen LogP contribution in [0.4, 0.5) is 0 Å². The molecule has 3 atom stereocenters. The van der Waals surface area contributed by atoms with Crippen molar-refractivity contribution in [1.29, 1.82) is 0 Å². The second-order valence-corrected chi connectivity index (χ2v) is 3.72. The highest BCUT2D eigenvalue weighted by Crippen LogP contribution is 2.23. The van der Waals surface area contributed by atoms with Crippen LogP contribution >= 0.6 is 0 Å². The van der Waals surface area contributed by atoms with Gasteiger partial charge in [0, 0.05) is 20.4 Å². The second-order valence-electron chi connectivity index (χ2n) is 3.72. The second kappa shape index (κ2) is 3.88. The van der Waals surface area contributed by atoms with Gasteiger partial charge in [0.25, 0.3) is 0 Å². The maximum Gasteiger partial charge on any atom is 0.227 e. The summed E-state index contributed by atoms with van der Waals surface area (Å²) in [5.41, 5.74) is 0. The summed E-state index contributed by atoms with van der Waals surface area (Å²) in [6.45, 7) is 3.57. The van der Waals surface area contributed by atoms with Crippen LogP contribution in [0, 0.1) is 0 Å². The Morgan fingerprint density at radius 3 is 2.53 bits per heavy atom. The Hall–Kier alpha value is -0.980. The molecule has 0 aromatic carbocycles. The first-order valence-corrected chi connectivity index (χ1v) is 4.88. The van der Waals surface area contributed by atoms with Crippen LogP contribution < -0.4 is 5.32 Å². The van der Waals surface area contributed by atoms with E-state index < -0.39 is 6.17 Å². The van der Waals surface area contributed by atoms with Crippen LogP contribution in [0.1, 0.15) is 13.8 Å². The van der Waals surface area contributed by atoms with Gasteiger partial charge in [0.1, 0.15) is 25.2 Å². The van der Waals surface area contributed by atoms with E-state index in [1.165, 1.54) is 18.7 Å². The van der Waals surface area contributed by atoms with Crippen molar-refractivity contribution in [2.45, 2.75) is 32.2 Å². The highest BCUT2D eigenvalue weighted by Gasteiger charge is 2.46. The summed E-state index contributed by atoms with van der Waals surface area (Å²) in [4.78, 5) is 23.8. The van der Waals surface area contributed by atoms with Crippen LogP contribution in [0.3, 0.4) is 0 Å². The molecule has 0 bridgehead atoms. The van der Waals surface area contributed by atoms with Crippen molar-refractivity contribution in [3.05, 3.63) is 0 Å². The fourth-order valence-electron chi connectivity index (χ4n) is 2.08. The molecule has 84 valence electrons. The molecule has 2 aliphatic heterocycles. The minimum atomic E-state index is -0.396. The largest absolute Gasteiger partial charge is 0.348 e. The SMILES string of the molecule is CC(=O)N(C(C)=O)C1NCC2OCOC21. The fourth-order valence-corrected chi connectivity index (χ4v) is 2.08. The van der Waals surface area contributed by atoms with Gasteiger partial charge in [-0.2, -0.15) is 0 Å². The number of carbonyl (C=O) groups excluding carboxylic acids is 2. The van der Waals surface area contributed by atoms with Crippen molar-refractivity contribution < 1.29 is 19.1 Å². The normalized spacial score (nSPS) is 33.9. The predicted octanol–water partition coefficient (Wildman–Crippen LogP) is -0.948. The zero-order valence-electron chi connectivity index (χ0n) is 8.73. The first kappa shape index (κ1) is 10.5. The van der Waals surface area contributed by atoms with Crippen molar-refractivity contribution >= 4 is 11.8 Å². The van der Waals surface area contributed by atoms with Gasteiger partial charge >= 0.3 is 0 Å². The van der Waals surface area contributed by atoms with Gasteiger partial charge in [0.2, 0.25) is 11.8 Å². The molecule has 0 aromatic rings. The van der Waals surface area contributed by atoms with Crippen molar-refractivity contribution in [2.24, 2.45) is 0 Å². The van der Waals surface area contributed by atoms with Gasteiger partial charge in [-0.3, -0.25) is 19.8 Å². The molecule has 2 saturated heterocycles. The topological polar surface area (TPSA) is 67.9 Å². The highest BCUT2D eigenvalue weighted by molar-refractivity contribution is 5.93. The summed E-state index contributed by atoms with van der Waals surface area (Å²) >= 11 is 0. The van der Waals surface area contributed by atoms with Crippen LogP contribution in [0.5, 0.6) is 0 Å². The lowest BCUT2D eigenvalue weighted by Crippen LogP contribution is -2.52. The molecule has 2 rings (SSSR count). The van der Waals surface area contributed by atoms with Crippen LogP contribution in [-0.2, 0) is 19.1 Å². The number of amides is 2. The van der Waals surface area contributed by atoms with Gasteiger partial charge in [-0.25, -0.2) is 0 Å². The summed E-state index contributed by atoms with van der Waals surface area (Å²) < 4.78 is 10.6. The summed E-state index contributed by atoms with van der Waals surface area (Å²) in [5.74, 6) is -0.563. The lowest BCUT2D eigenvalue weighted by atomic mass is 10.2. The monoisotopic (exact) mass is 214 g/mol. The number of fused-ring (bicyclic) bond motifs is 1. The lowest BCUT2D eigenvalue weighted by Gasteiger charge is -2.27. The van der Waals surface area contributed by atoms with Gasteiger partial charge < -0.3 is 9.47 Å². The van der Waals surface area contributed by atoms with E-state index in [1.54, 1.807) is 0 Å². The zero-order chi connectivity index (χ0) is 11.0. The first-order chi connectivity index (χ1) is 7.11. The van der Waals surface area contributed by atoms with E-state index in [0.717, 1.165) is 0 Å². The number of nitrogens with zero attached hydrogens (tertiary/aromatic N) is 1. The number of hydrogen-bond acceptors (Lipinski definition) is 5.